The number of benzene rings is 2. The summed E-state index contributed by atoms with van der Waals surface area (Å²) in [6.45, 7) is 2.96. The number of fused-ring (bicyclic) bond motifs is 1. The third-order valence-electron chi connectivity index (χ3n) is 4.41. The minimum atomic E-state index is -0.175. The molecule has 0 aromatic heterocycles. The Labute approximate surface area is 152 Å². The Balaban J connectivity index is 1.59. The maximum Gasteiger partial charge on any atom is 0.282 e. The summed E-state index contributed by atoms with van der Waals surface area (Å²) >= 11 is 1.73. The van der Waals surface area contributed by atoms with E-state index in [4.69, 9.17) is 9.47 Å². The first-order valence-corrected chi connectivity index (χ1v) is 9.45. The molecular formula is C19H23N2O3S+. The molecule has 0 bridgehead atoms. The number of nitrogens with one attached hydrogen (secondary N) is 2. The molecule has 0 saturated heterocycles. The fourth-order valence-corrected chi connectivity index (χ4v) is 3.08. The maximum absolute atomic E-state index is 12.5. The number of thioether (sulfide) groups is 1. The molecule has 5 nitrogen and oxygen atoms in total. The highest BCUT2D eigenvalue weighted by Crippen LogP contribution is 2.34. The summed E-state index contributed by atoms with van der Waals surface area (Å²) in [6, 6.07) is 13.7. The van der Waals surface area contributed by atoms with E-state index in [1.54, 1.807) is 17.8 Å². The summed E-state index contributed by atoms with van der Waals surface area (Å²) in [6.07, 6.45) is 2.06. The number of likely N-dealkylation sites (N-methyl/N-ethyl adjacent to an activating group) is 1. The highest BCUT2D eigenvalue weighted by Gasteiger charge is 2.23. The lowest BCUT2D eigenvalue weighted by atomic mass is 10.2. The number of ether oxygens (including phenoxy) is 2. The van der Waals surface area contributed by atoms with Crippen LogP contribution in [0.5, 0.6) is 11.5 Å². The van der Waals surface area contributed by atoms with Gasteiger partial charge in [-0.3, -0.25) is 4.79 Å². The van der Waals surface area contributed by atoms with Crippen LogP contribution in [0.15, 0.2) is 47.4 Å². The normalized spacial score (nSPS) is 14.8. The largest absolute Gasteiger partial charge is 0.454 e. The molecule has 0 spiro atoms. The third-order valence-corrected chi connectivity index (χ3v) is 5.16. The van der Waals surface area contributed by atoms with Crippen molar-refractivity contribution in [3.63, 3.8) is 0 Å². The van der Waals surface area contributed by atoms with Crippen LogP contribution in [0.25, 0.3) is 0 Å². The van der Waals surface area contributed by atoms with E-state index in [9.17, 15) is 4.79 Å². The van der Waals surface area contributed by atoms with Gasteiger partial charge in [-0.25, -0.2) is 0 Å². The number of rotatable bonds is 6. The van der Waals surface area contributed by atoms with Gasteiger partial charge in [0, 0.05) is 22.2 Å². The lowest BCUT2D eigenvalue weighted by Crippen LogP contribution is -3.12. The van der Waals surface area contributed by atoms with Crippen molar-refractivity contribution in [2.75, 3.05) is 25.4 Å². The van der Waals surface area contributed by atoms with Crippen molar-refractivity contribution in [1.82, 2.24) is 0 Å². The molecule has 1 aliphatic heterocycles. The van der Waals surface area contributed by atoms with Crippen LogP contribution in [-0.4, -0.2) is 32.0 Å². The average Bonchev–Trinajstić information content (AvgIpc) is 3.09. The molecule has 0 radical (unpaired) electrons. The van der Waals surface area contributed by atoms with Gasteiger partial charge in [0.05, 0.1) is 7.05 Å². The number of carbonyl (C=O) groups excluding carboxylic acids is 1. The zero-order chi connectivity index (χ0) is 17.8. The molecule has 2 aromatic carbocycles. The average molecular weight is 359 g/mol. The van der Waals surface area contributed by atoms with Crippen LogP contribution >= 0.6 is 11.8 Å². The minimum Gasteiger partial charge on any atom is -0.454 e. The molecule has 1 aliphatic rings. The monoisotopic (exact) mass is 359 g/mol. The molecule has 2 atom stereocenters. The molecule has 2 aromatic rings. The first-order chi connectivity index (χ1) is 12.1. The lowest BCUT2D eigenvalue weighted by molar-refractivity contribution is -0.907. The zero-order valence-corrected chi connectivity index (χ0v) is 15.5. The van der Waals surface area contributed by atoms with Gasteiger partial charge in [0.25, 0.3) is 5.91 Å². The summed E-state index contributed by atoms with van der Waals surface area (Å²) in [7, 11) is 2.03. The van der Waals surface area contributed by atoms with Crippen LogP contribution in [0.1, 0.15) is 12.5 Å². The minimum absolute atomic E-state index is 0.0166. The molecular weight excluding hydrogens is 336 g/mol. The Kier molecular flexibility index (Phi) is 5.50. The predicted octanol–water partition coefficient (Wildman–Crippen LogP) is 2.18. The van der Waals surface area contributed by atoms with Gasteiger partial charge in [-0.05, 0) is 37.4 Å². The summed E-state index contributed by atoms with van der Waals surface area (Å²) in [5, 5.41) is 2.96. The second-order valence-electron chi connectivity index (χ2n) is 6.15. The molecule has 1 amide bonds. The highest BCUT2D eigenvalue weighted by atomic mass is 32.2. The third kappa shape index (κ3) is 4.27. The molecule has 3 rings (SSSR count). The Morgan fingerprint density at radius 3 is 2.64 bits per heavy atom. The number of hydrogen-bond donors (Lipinski definition) is 2. The second kappa shape index (κ2) is 7.80. The molecule has 6 heteroatoms. The molecule has 132 valence electrons. The Hall–Kier alpha value is -2.18. The van der Waals surface area contributed by atoms with E-state index in [0.29, 0.717) is 11.5 Å². The molecule has 1 unspecified atom stereocenters. The molecule has 25 heavy (non-hydrogen) atoms. The van der Waals surface area contributed by atoms with Crippen molar-refractivity contribution in [2.45, 2.75) is 24.4 Å². The number of hydrogen-bond acceptors (Lipinski definition) is 4. The van der Waals surface area contributed by atoms with E-state index in [1.165, 1.54) is 10.5 Å². The van der Waals surface area contributed by atoms with Crippen LogP contribution in [0.2, 0.25) is 0 Å². The number of amides is 1. The summed E-state index contributed by atoms with van der Waals surface area (Å²) < 4.78 is 10.6. The van der Waals surface area contributed by atoms with Crippen molar-refractivity contribution < 1.29 is 19.2 Å². The number of carbonyl (C=O) groups is 1. The Morgan fingerprint density at radius 2 is 1.92 bits per heavy atom. The zero-order valence-electron chi connectivity index (χ0n) is 14.7. The number of anilines is 1. The van der Waals surface area contributed by atoms with Gasteiger partial charge in [-0.2, -0.15) is 0 Å². The number of quaternary nitrogens is 1. The summed E-state index contributed by atoms with van der Waals surface area (Å²) in [4.78, 5) is 14.9. The summed E-state index contributed by atoms with van der Waals surface area (Å²) in [5.74, 6) is 1.36. The fourth-order valence-electron chi connectivity index (χ4n) is 2.67. The SMILES string of the molecule is CSc1ccc(C[NH+](C)[C@@H](C)C(=O)Nc2ccc3c(c2)OCO3)cc1. The molecule has 2 N–H and O–H groups in total. The lowest BCUT2D eigenvalue weighted by Gasteiger charge is -2.21. The van der Waals surface area contributed by atoms with Crippen LogP contribution in [0.3, 0.4) is 0 Å². The molecule has 0 saturated carbocycles. The standard InChI is InChI=1S/C19H22N2O3S/c1-13(21(2)11-14-4-7-16(25-3)8-5-14)19(22)20-15-6-9-17-18(10-15)24-12-23-17/h4-10,13H,11-12H2,1-3H3,(H,20,22)/p+1/t13-/m0/s1. The van der Waals surface area contributed by atoms with Crippen molar-refractivity contribution in [1.29, 1.82) is 0 Å². The van der Waals surface area contributed by atoms with E-state index in [1.807, 2.05) is 26.1 Å². The van der Waals surface area contributed by atoms with Gasteiger partial charge in [0.2, 0.25) is 6.79 Å². The molecule has 1 heterocycles. The molecule has 0 fully saturated rings. The van der Waals surface area contributed by atoms with Crippen molar-refractivity contribution in [3.8, 4) is 11.5 Å². The van der Waals surface area contributed by atoms with Gasteiger partial charge in [-0.1, -0.05) is 12.1 Å². The maximum atomic E-state index is 12.5. The van der Waals surface area contributed by atoms with E-state index in [2.05, 4.69) is 35.8 Å². The smallest absolute Gasteiger partial charge is 0.282 e. The van der Waals surface area contributed by atoms with E-state index >= 15 is 0 Å². The first-order valence-electron chi connectivity index (χ1n) is 8.22. The van der Waals surface area contributed by atoms with Gasteiger partial charge in [-0.15, -0.1) is 11.8 Å². The van der Waals surface area contributed by atoms with Gasteiger partial charge in [0.1, 0.15) is 6.54 Å². The van der Waals surface area contributed by atoms with Crippen molar-refractivity contribution in [2.24, 2.45) is 0 Å². The topological polar surface area (TPSA) is 52.0 Å². The Bertz CT molecular complexity index is 749. The molecule has 0 aliphatic carbocycles. The predicted molar refractivity (Wildman–Crippen MR) is 99.5 cm³/mol. The second-order valence-corrected chi connectivity index (χ2v) is 7.03. The highest BCUT2D eigenvalue weighted by molar-refractivity contribution is 7.98. The van der Waals surface area contributed by atoms with Crippen LogP contribution in [0.4, 0.5) is 5.69 Å². The van der Waals surface area contributed by atoms with Gasteiger partial charge in [0.15, 0.2) is 17.5 Å². The fraction of sp³-hybridized carbons (Fsp3) is 0.316. The Morgan fingerprint density at radius 1 is 1.20 bits per heavy atom. The quantitative estimate of drug-likeness (QED) is 0.777. The summed E-state index contributed by atoms with van der Waals surface area (Å²) in [5.41, 5.74) is 1.94. The van der Waals surface area contributed by atoms with Crippen LogP contribution in [-0.2, 0) is 11.3 Å². The van der Waals surface area contributed by atoms with Gasteiger partial charge >= 0.3 is 0 Å². The first kappa shape index (κ1) is 17.6. The van der Waals surface area contributed by atoms with Crippen LogP contribution in [0, 0.1) is 0 Å². The van der Waals surface area contributed by atoms with Crippen molar-refractivity contribution >= 4 is 23.4 Å². The van der Waals surface area contributed by atoms with E-state index in [0.717, 1.165) is 17.1 Å². The van der Waals surface area contributed by atoms with Crippen molar-refractivity contribution in [3.05, 3.63) is 48.0 Å². The van der Waals surface area contributed by atoms with Crippen LogP contribution < -0.4 is 19.7 Å². The van der Waals surface area contributed by atoms with Gasteiger partial charge < -0.3 is 19.7 Å². The van der Waals surface area contributed by atoms with E-state index in [-0.39, 0.29) is 18.7 Å². The van der Waals surface area contributed by atoms with E-state index < -0.39 is 0 Å².